The number of rotatable bonds is 4. The third kappa shape index (κ3) is 3.10. The van der Waals surface area contributed by atoms with Gasteiger partial charge in [-0.05, 0) is 30.9 Å². The minimum atomic E-state index is -0.391. The third-order valence-electron chi connectivity index (χ3n) is 1.96. The highest BCUT2D eigenvalue weighted by Gasteiger charge is 2.22. The SMILES string of the molecule is O=[N+]([O-])c1cc(Br)cc(NSC2CC2)c1. The van der Waals surface area contributed by atoms with Gasteiger partial charge < -0.3 is 4.72 Å². The normalized spacial score (nSPS) is 15.0. The molecule has 0 unspecified atom stereocenters. The van der Waals surface area contributed by atoms with E-state index in [2.05, 4.69) is 20.7 Å². The van der Waals surface area contributed by atoms with Gasteiger partial charge in [0.15, 0.2) is 0 Å². The number of hydrogen-bond acceptors (Lipinski definition) is 4. The van der Waals surface area contributed by atoms with Crippen molar-refractivity contribution in [1.82, 2.24) is 0 Å². The number of nitrogens with one attached hydrogen (secondary N) is 1. The lowest BCUT2D eigenvalue weighted by molar-refractivity contribution is -0.384. The van der Waals surface area contributed by atoms with Gasteiger partial charge >= 0.3 is 0 Å². The quantitative estimate of drug-likeness (QED) is 0.523. The molecule has 0 bridgehead atoms. The minimum absolute atomic E-state index is 0.100. The van der Waals surface area contributed by atoms with Crippen LogP contribution in [0.3, 0.4) is 0 Å². The molecule has 1 N–H and O–H groups in total. The molecule has 4 nitrogen and oxygen atoms in total. The van der Waals surface area contributed by atoms with Crippen LogP contribution in [-0.4, -0.2) is 10.2 Å². The fourth-order valence-corrected chi connectivity index (χ4v) is 2.35. The Balaban J connectivity index is 2.10. The van der Waals surface area contributed by atoms with E-state index in [0.717, 1.165) is 10.2 Å². The Morgan fingerprint density at radius 2 is 2.20 bits per heavy atom. The lowest BCUT2D eigenvalue weighted by Gasteiger charge is -2.04. The van der Waals surface area contributed by atoms with Crippen LogP contribution in [0.15, 0.2) is 22.7 Å². The van der Waals surface area contributed by atoms with Crippen LogP contribution in [0.5, 0.6) is 0 Å². The predicted octanol–water partition coefficient (Wildman–Crippen LogP) is 3.58. The maximum atomic E-state index is 10.6. The lowest BCUT2D eigenvalue weighted by atomic mass is 10.3. The number of hydrogen-bond donors (Lipinski definition) is 1. The second kappa shape index (κ2) is 4.40. The number of nitrogens with zero attached hydrogens (tertiary/aromatic N) is 1. The summed E-state index contributed by atoms with van der Waals surface area (Å²) < 4.78 is 3.84. The molecule has 1 aromatic rings. The molecule has 0 amide bonds. The summed E-state index contributed by atoms with van der Waals surface area (Å²) in [6, 6.07) is 4.87. The summed E-state index contributed by atoms with van der Waals surface area (Å²) in [5, 5.41) is 11.3. The maximum Gasteiger partial charge on any atom is 0.272 e. The summed E-state index contributed by atoms with van der Waals surface area (Å²) in [4.78, 5) is 10.2. The second-order valence-corrected chi connectivity index (χ2v) is 5.40. The Labute approximate surface area is 99.8 Å². The van der Waals surface area contributed by atoms with Gasteiger partial charge in [0.2, 0.25) is 0 Å². The molecular weight excluding hydrogens is 280 g/mol. The Bertz CT molecular complexity index is 396. The molecule has 0 saturated heterocycles. The van der Waals surface area contributed by atoms with Crippen molar-refractivity contribution >= 4 is 39.3 Å². The van der Waals surface area contributed by atoms with E-state index in [0.29, 0.717) is 5.25 Å². The van der Waals surface area contributed by atoms with Crippen LogP contribution in [0.25, 0.3) is 0 Å². The van der Waals surface area contributed by atoms with Crippen LogP contribution in [0, 0.1) is 10.1 Å². The molecule has 0 aromatic heterocycles. The summed E-state index contributed by atoms with van der Waals surface area (Å²) in [6.07, 6.45) is 2.46. The molecule has 80 valence electrons. The number of nitro benzene ring substituents is 1. The van der Waals surface area contributed by atoms with Crippen LogP contribution in [0.2, 0.25) is 0 Å². The van der Waals surface area contributed by atoms with E-state index < -0.39 is 4.92 Å². The molecule has 0 aliphatic heterocycles. The molecule has 1 saturated carbocycles. The molecule has 15 heavy (non-hydrogen) atoms. The van der Waals surface area contributed by atoms with Crippen LogP contribution < -0.4 is 4.72 Å². The molecule has 2 rings (SSSR count). The minimum Gasteiger partial charge on any atom is -0.329 e. The van der Waals surface area contributed by atoms with Crippen LogP contribution in [0.1, 0.15) is 12.8 Å². The molecule has 0 atom stereocenters. The van der Waals surface area contributed by atoms with Gasteiger partial charge in [0.05, 0.1) is 10.6 Å². The Morgan fingerprint density at radius 1 is 1.47 bits per heavy atom. The van der Waals surface area contributed by atoms with Crippen molar-refractivity contribution in [3.63, 3.8) is 0 Å². The van der Waals surface area contributed by atoms with Crippen molar-refractivity contribution in [1.29, 1.82) is 0 Å². The van der Waals surface area contributed by atoms with Crippen molar-refractivity contribution in [3.8, 4) is 0 Å². The van der Waals surface area contributed by atoms with Gasteiger partial charge in [-0.15, -0.1) is 0 Å². The largest absolute Gasteiger partial charge is 0.329 e. The van der Waals surface area contributed by atoms with Crippen molar-refractivity contribution in [2.24, 2.45) is 0 Å². The first-order chi connectivity index (χ1) is 7.15. The van der Waals surface area contributed by atoms with Gasteiger partial charge in [-0.1, -0.05) is 15.9 Å². The lowest BCUT2D eigenvalue weighted by Crippen LogP contribution is -1.92. The molecule has 1 aliphatic carbocycles. The highest BCUT2D eigenvalue weighted by molar-refractivity contribution is 9.10. The fourth-order valence-electron chi connectivity index (χ4n) is 1.08. The van der Waals surface area contributed by atoms with Gasteiger partial charge in [0.1, 0.15) is 0 Å². The highest BCUT2D eigenvalue weighted by atomic mass is 79.9. The fraction of sp³-hybridized carbons (Fsp3) is 0.333. The summed E-state index contributed by atoms with van der Waals surface area (Å²) in [6.45, 7) is 0. The molecule has 0 heterocycles. The van der Waals surface area contributed by atoms with E-state index in [9.17, 15) is 10.1 Å². The zero-order valence-electron chi connectivity index (χ0n) is 7.77. The number of anilines is 1. The van der Waals surface area contributed by atoms with E-state index in [4.69, 9.17) is 0 Å². The smallest absolute Gasteiger partial charge is 0.272 e. The summed E-state index contributed by atoms with van der Waals surface area (Å²) >= 11 is 4.88. The zero-order chi connectivity index (χ0) is 10.8. The summed E-state index contributed by atoms with van der Waals surface area (Å²) in [7, 11) is 0. The average Bonchev–Trinajstić information content (AvgIpc) is 2.97. The first kappa shape index (κ1) is 10.8. The molecule has 6 heteroatoms. The molecule has 1 aliphatic rings. The van der Waals surface area contributed by atoms with E-state index in [1.54, 1.807) is 18.0 Å². The van der Waals surface area contributed by atoms with E-state index >= 15 is 0 Å². The van der Waals surface area contributed by atoms with Gasteiger partial charge in [-0.3, -0.25) is 10.1 Å². The molecule has 1 aromatic carbocycles. The third-order valence-corrected chi connectivity index (χ3v) is 3.58. The maximum absolute atomic E-state index is 10.6. The Kier molecular flexibility index (Phi) is 3.16. The molecule has 0 spiro atoms. The van der Waals surface area contributed by atoms with Gasteiger partial charge in [-0.25, -0.2) is 0 Å². The van der Waals surface area contributed by atoms with E-state index in [-0.39, 0.29) is 5.69 Å². The van der Waals surface area contributed by atoms with Gasteiger partial charge in [0.25, 0.3) is 5.69 Å². The predicted molar refractivity (Wildman–Crippen MR) is 65.0 cm³/mol. The van der Waals surface area contributed by atoms with Crippen LogP contribution >= 0.6 is 27.9 Å². The van der Waals surface area contributed by atoms with E-state index in [1.807, 2.05) is 6.07 Å². The van der Waals surface area contributed by atoms with Crippen molar-refractivity contribution in [3.05, 3.63) is 32.8 Å². The number of nitro groups is 1. The second-order valence-electron chi connectivity index (χ2n) is 3.37. The highest BCUT2D eigenvalue weighted by Crippen LogP contribution is 2.35. The van der Waals surface area contributed by atoms with Crippen LogP contribution in [-0.2, 0) is 0 Å². The van der Waals surface area contributed by atoms with Crippen molar-refractivity contribution in [2.45, 2.75) is 18.1 Å². The van der Waals surface area contributed by atoms with E-state index in [1.165, 1.54) is 18.9 Å². The van der Waals surface area contributed by atoms with Crippen molar-refractivity contribution in [2.75, 3.05) is 4.72 Å². The molecule has 1 fully saturated rings. The Morgan fingerprint density at radius 3 is 2.80 bits per heavy atom. The van der Waals surface area contributed by atoms with Gasteiger partial charge in [-0.2, -0.15) is 0 Å². The Hall–Kier alpha value is -0.750. The number of non-ortho nitro benzene ring substituents is 1. The average molecular weight is 289 g/mol. The first-order valence-corrected chi connectivity index (χ1v) is 6.19. The first-order valence-electron chi connectivity index (χ1n) is 4.52. The zero-order valence-corrected chi connectivity index (χ0v) is 10.2. The number of benzene rings is 1. The number of halogens is 1. The standard InChI is InChI=1S/C9H9BrN2O2S/c10-6-3-7(11-15-9-1-2-9)5-8(4-6)12(13)14/h3-5,9,11H,1-2H2. The van der Waals surface area contributed by atoms with Crippen LogP contribution in [0.4, 0.5) is 11.4 Å². The summed E-state index contributed by atoms with van der Waals surface area (Å²) in [5.74, 6) is 0. The van der Waals surface area contributed by atoms with Gasteiger partial charge in [0, 0.05) is 21.9 Å². The van der Waals surface area contributed by atoms with Crippen molar-refractivity contribution < 1.29 is 4.92 Å². The molecule has 0 radical (unpaired) electrons. The molecular formula is C9H9BrN2O2S. The topological polar surface area (TPSA) is 55.2 Å². The summed E-state index contributed by atoms with van der Waals surface area (Å²) in [5.41, 5.74) is 0.872. The monoisotopic (exact) mass is 288 g/mol.